The van der Waals surface area contributed by atoms with Crippen molar-refractivity contribution in [3.63, 3.8) is 0 Å². The molecule has 0 radical (unpaired) electrons. The van der Waals surface area contributed by atoms with E-state index in [1.54, 1.807) is 22.9 Å². The molecule has 2 aromatic rings. The number of hydrogen-bond acceptors (Lipinski definition) is 4. The van der Waals surface area contributed by atoms with Crippen molar-refractivity contribution in [1.82, 2.24) is 19.3 Å². The van der Waals surface area contributed by atoms with E-state index in [2.05, 4.69) is 10.1 Å². The second-order valence-electron chi connectivity index (χ2n) is 5.19. The lowest BCUT2D eigenvalue weighted by atomic mass is 10.3. The van der Waals surface area contributed by atoms with Crippen molar-refractivity contribution in [2.75, 3.05) is 0 Å². The molecule has 0 aromatic carbocycles. The first kappa shape index (κ1) is 13.5. The molecule has 7 nitrogen and oxygen atoms in total. The third-order valence-corrected chi connectivity index (χ3v) is 3.47. The van der Waals surface area contributed by atoms with Crippen LogP contribution in [0, 0.1) is 0 Å². The molecular formula is C14H16N4O3. The Hall–Kier alpha value is -2.44. The Morgan fingerprint density at radius 1 is 1.38 bits per heavy atom. The number of hydrogen-bond donors (Lipinski definition) is 1. The number of nitrogens with zero attached hydrogens (tertiary/aromatic N) is 4. The summed E-state index contributed by atoms with van der Waals surface area (Å²) < 4.78 is 3.01. The van der Waals surface area contributed by atoms with Crippen LogP contribution in [-0.2, 0) is 24.3 Å². The SMILES string of the molecule is O=C(O)Cn1nc(C2CC2)nc1CCn1ccccc1=O. The Balaban J connectivity index is 1.78. The highest BCUT2D eigenvalue weighted by Crippen LogP contribution is 2.38. The van der Waals surface area contributed by atoms with Gasteiger partial charge in [-0.25, -0.2) is 9.67 Å². The molecular weight excluding hydrogens is 272 g/mol. The third kappa shape index (κ3) is 3.18. The lowest BCUT2D eigenvalue weighted by molar-refractivity contribution is -0.137. The van der Waals surface area contributed by atoms with Crippen molar-refractivity contribution in [1.29, 1.82) is 0 Å². The Kier molecular flexibility index (Phi) is 3.55. The molecule has 21 heavy (non-hydrogen) atoms. The molecule has 0 saturated heterocycles. The smallest absolute Gasteiger partial charge is 0.325 e. The molecule has 1 fully saturated rings. The summed E-state index contributed by atoms with van der Waals surface area (Å²) in [7, 11) is 0. The highest BCUT2D eigenvalue weighted by molar-refractivity contribution is 5.66. The van der Waals surface area contributed by atoms with Crippen molar-refractivity contribution in [3.8, 4) is 0 Å². The largest absolute Gasteiger partial charge is 0.480 e. The van der Waals surface area contributed by atoms with Crippen LogP contribution in [-0.4, -0.2) is 30.4 Å². The molecule has 0 spiro atoms. The van der Waals surface area contributed by atoms with Gasteiger partial charge in [0.15, 0.2) is 5.82 Å². The second-order valence-corrected chi connectivity index (χ2v) is 5.19. The zero-order valence-electron chi connectivity index (χ0n) is 11.5. The molecule has 0 bridgehead atoms. The van der Waals surface area contributed by atoms with Gasteiger partial charge < -0.3 is 9.67 Å². The van der Waals surface area contributed by atoms with Gasteiger partial charge in [-0.2, -0.15) is 5.10 Å². The maximum absolute atomic E-state index is 11.7. The van der Waals surface area contributed by atoms with E-state index in [0.29, 0.717) is 24.7 Å². The zero-order valence-corrected chi connectivity index (χ0v) is 11.5. The van der Waals surface area contributed by atoms with Crippen LogP contribution >= 0.6 is 0 Å². The molecule has 0 aliphatic heterocycles. The van der Waals surface area contributed by atoms with Crippen LogP contribution in [0.25, 0.3) is 0 Å². The summed E-state index contributed by atoms with van der Waals surface area (Å²) in [5.41, 5.74) is -0.0794. The minimum absolute atomic E-state index is 0.0794. The molecule has 2 aromatic heterocycles. The molecule has 0 unspecified atom stereocenters. The first-order valence-electron chi connectivity index (χ1n) is 6.94. The van der Waals surface area contributed by atoms with Crippen LogP contribution in [0.5, 0.6) is 0 Å². The van der Waals surface area contributed by atoms with Gasteiger partial charge in [0.1, 0.15) is 12.4 Å². The first-order valence-corrected chi connectivity index (χ1v) is 6.94. The van der Waals surface area contributed by atoms with E-state index in [1.807, 2.05) is 0 Å². The molecule has 1 aliphatic rings. The number of pyridine rings is 1. The first-order chi connectivity index (χ1) is 10.1. The summed E-state index contributed by atoms with van der Waals surface area (Å²) in [6.45, 7) is 0.265. The van der Waals surface area contributed by atoms with Crippen molar-refractivity contribution in [3.05, 3.63) is 46.4 Å². The number of aromatic nitrogens is 4. The molecule has 0 amide bonds. The molecule has 2 heterocycles. The minimum Gasteiger partial charge on any atom is -0.480 e. The van der Waals surface area contributed by atoms with Gasteiger partial charge in [0.2, 0.25) is 0 Å². The number of rotatable bonds is 6. The maximum atomic E-state index is 11.7. The van der Waals surface area contributed by atoms with E-state index in [9.17, 15) is 9.59 Å². The summed E-state index contributed by atoms with van der Waals surface area (Å²) in [4.78, 5) is 27.0. The van der Waals surface area contributed by atoms with Crippen molar-refractivity contribution in [2.24, 2.45) is 0 Å². The molecule has 1 N–H and O–H groups in total. The molecule has 3 rings (SSSR count). The second kappa shape index (κ2) is 5.51. The van der Waals surface area contributed by atoms with Gasteiger partial charge >= 0.3 is 5.97 Å². The molecule has 1 saturated carbocycles. The molecule has 110 valence electrons. The predicted octanol–water partition coefficient (Wildman–Crippen LogP) is 0.644. The molecule has 0 atom stereocenters. The zero-order chi connectivity index (χ0) is 14.8. The lowest BCUT2D eigenvalue weighted by Crippen LogP contribution is -2.21. The number of carboxylic acids is 1. The van der Waals surface area contributed by atoms with Crippen LogP contribution in [0.1, 0.15) is 30.4 Å². The summed E-state index contributed by atoms with van der Waals surface area (Å²) in [6, 6.07) is 4.98. The van der Waals surface area contributed by atoms with Crippen LogP contribution in [0.2, 0.25) is 0 Å². The van der Waals surface area contributed by atoms with Crippen LogP contribution in [0.4, 0.5) is 0 Å². The Morgan fingerprint density at radius 3 is 2.86 bits per heavy atom. The lowest BCUT2D eigenvalue weighted by Gasteiger charge is -2.05. The van der Waals surface area contributed by atoms with E-state index >= 15 is 0 Å². The van der Waals surface area contributed by atoms with E-state index in [1.165, 1.54) is 10.7 Å². The number of carbonyl (C=O) groups is 1. The van der Waals surface area contributed by atoms with Gasteiger partial charge in [-0.1, -0.05) is 6.07 Å². The van der Waals surface area contributed by atoms with Crippen molar-refractivity contribution in [2.45, 2.75) is 38.3 Å². The normalized spacial score (nSPS) is 14.3. The summed E-state index contributed by atoms with van der Waals surface area (Å²) >= 11 is 0. The number of aryl methyl sites for hydroxylation is 2. The molecule has 7 heteroatoms. The van der Waals surface area contributed by atoms with E-state index in [0.717, 1.165) is 18.7 Å². The Labute approximate surface area is 120 Å². The van der Waals surface area contributed by atoms with Gasteiger partial charge in [-0.05, 0) is 18.9 Å². The standard InChI is InChI=1S/C14H16N4O3/c19-12-3-1-2-7-17(12)8-6-11-15-14(10-4-5-10)16-18(11)9-13(20)21/h1-3,7,10H,4-6,8-9H2,(H,20,21). The average Bonchev–Trinajstić information content (AvgIpc) is 3.21. The van der Waals surface area contributed by atoms with Gasteiger partial charge in [0.25, 0.3) is 5.56 Å². The van der Waals surface area contributed by atoms with E-state index in [4.69, 9.17) is 5.11 Å². The average molecular weight is 288 g/mol. The quantitative estimate of drug-likeness (QED) is 0.842. The van der Waals surface area contributed by atoms with Crippen molar-refractivity contribution >= 4 is 5.97 Å². The van der Waals surface area contributed by atoms with Gasteiger partial charge in [0.05, 0.1) is 0 Å². The summed E-state index contributed by atoms with van der Waals surface area (Å²) in [5.74, 6) is 0.778. The molecule has 1 aliphatic carbocycles. The van der Waals surface area contributed by atoms with Crippen molar-refractivity contribution < 1.29 is 9.90 Å². The Morgan fingerprint density at radius 2 is 2.19 bits per heavy atom. The van der Waals surface area contributed by atoms with Crippen LogP contribution in [0.15, 0.2) is 29.2 Å². The van der Waals surface area contributed by atoms with Crippen LogP contribution in [0.3, 0.4) is 0 Å². The predicted molar refractivity (Wildman–Crippen MR) is 74.0 cm³/mol. The fourth-order valence-corrected chi connectivity index (χ4v) is 2.21. The monoisotopic (exact) mass is 288 g/mol. The minimum atomic E-state index is -0.944. The van der Waals surface area contributed by atoms with Crippen LogP contribution < -0.4 is 5.56 Å². The van der Waals surface area contributed by atoms with E-state index < -0.39 is 5.97 Å². The summed E-state index contributed by atoms with van der Waals surface area (Å²) in [5, 5.41) is 13.2. The summed E-state index contributed by atoms with van der Waals surface area (Å²) in [6.07, 6.45) is 4.32. The van der Waals surface area contributed by atoms with Gasteiger partial charge in [0, 0.05) is 31.1 Å². The maximum Gasteiger partial charge on any atom is 0.325 e. The van der Waals surface area contributed by atoms with Gasteiger partial charge in [-0.3, -0.25) is 9.59 Å². The number of carboxylic acid groups (broad SMARTS) is 1. The Bertz CT molecular complexity index is 715. The van der Waals surface area contributed by atoms with E-state index in [-0.39, 0.29) is 12.1 Å². The van der Waals surface area contributed by atoms with Gasteiger partial charge in [-0.15, -0.1) is 0 Å². The fourth-order valence-electron chi connectivity index (χ4n) is 2.21. The topological polar surface area (TPSA) is 90.0 Å². The highest BCUT2D eigenvalue weighted by atomic mass is 16.4. The highest BCUT2D eigenvalue weighted by Gasteiger charge is 2.29. The fraction of sp³-hybridized carbons (Fsp3) is 0.429. The number of aliphatic carboxylic acids is 1. The third-order valence-electron chi connectivity index (χ3n) is 3.47.